The molecule has 1 aromatic carbocycles. The third kappa shape index (κ3) is 3.28. The average Bonchev–Trinajstić information content (AvgIpc) is 3.26. The number of nitrogens with one attached hydrogen (secondary N) is 1. The van der Waals surface area contributed by atoms with Gasteiger partial charge in [-0.3, -0.25) is 9.59 Å². The van der Waals surface area contributed by atoms with Crippen molar-refractivity contribution >= 4 is 28.8 Å². The zero-order valence-corrected chi connectivity index (χ0v) is 14.6. The molecule has 24 heavy (non-hydrogen) atoms. The molecule has 2 heterocycles. The van der Waals surface area contributed by atoms with Gasteiger partial charge in [0.05, 0.1) is 18.4 Å². The van der Waals surface area contributed by atoms with Gasteiger partial charge in [-0.25, -0.2) is 0 Å². The molecule has 2 aromatic rings. The zero-order chi connectivity index (χ0) is 17.1. The van der Waals surface area contributed by atoms with Crippen LogP contribution in [-0.4, -0.2) is 36.4 Å². The van der Waals surface area contributed by atoms with Gasteiger partial charge < -0.3 is 15.0 Å². The predicted octanol–water partition coefficient (Wildman–Crippen LogP) is 3.31. The fourth-order valence-electron chi connectivity index (χ4n) is 2.97. The minimum atomic E-state index is -0.442. The van der Waals surface area contributed by atoms with Crippen LogP contribution in [0, 0.1) is 6.92 Å². The molecular weight excluding hydrogens is 324 g/mol. The van der Waals surface area contributed by atoms with E-state index in [-0.39, 0.29) is 11.8 Å². The average molecular weight is 344 g/mol. The number of hydrogen-bond acceptors (Lipinski definition) is 4. The molecule has 2 amide bonds. The summed E-state index contributed by atoms with van der Waals surface area (Å²) >= 11 is 1.48. The van der Waals surface area contributed by atoms with E-state index >= 15 is 0 Å². The van der Waals surface area contributed by atoms with Crippen molar-refractivity contribution in [3.8, 4) is 5.75 Å². The first-order chi connectivity index (χ1) is 11.6. The maximum absolute atomic E-state index is 12.7. The van der Waals surface area contributed by atoms with Crippen molar-refractivity contribution in [3.05, 3.63) is 46.2 Å². The van der Waals surface area contributed by atoms with Gasteiger partial charge >= 0.3 is 0 Å². The molecule has 0 radical (unpaired) electrons. The third-order valence-corrected chi connectivity index (χ3v) is 4.88. The van der Waals surface area contributed by atoms with E-state index < -0.39 is 6.04 Å². The van der Waals surface area contributed by atoms with Gasteiger partial charge in [0.15, 0.2) is 0 Å². The van der Waals surface area contributed by atoms with Crippen LogP contribution in [0.5, 0.6) is 5.75 Å². The van der Waals surface area contributed by atoms with Gasteiger partial charge in [-0.2, -0.15) is 11.3 Å². The first-order valence-electron chi connectivity index (χ1n) is 7.89. The number of anilines is 1. The largest absolute Gasteiger partial charge is 0.495 e. The van der Waals surface area contributed by atoms with E-state index in [2.05, 4.69) is 5.32 Å². The maximum atomic E-state index is 12.7. The molecule has 1 atom stereocenters. The molecule has 0 unspecified atom stereocenters. The van der Waals surface area contributed by atoms with E-state index in [1.54, 1.807) is 18.1 Å². The van der Waals surface area contributed by atoms with Crippen molar-refractivity contribution in [2.45, 2.75) is 25.8 Å². The summed E-state index contributed by atoms with van der Waals surface area (Å²) in [5.41, 5.74) is 2.31. The molecule has 5 nitrogen and oxygen atoms in total. The lowest BCUT2D eigenvalue weighted by Gasteiger charge is -2.24. The van der Waals surface area contributed by atoms with Crippen LogP contribution in [0.15, 0.2) is 35.0 Å². The summed E-state index contributed by atoms with van der Waals surface area (Å²) in [6.45, 7) is 2.56. The number of rotatable bonds is 4. The van der Waals surface area contributed by atoms with E-state index in [1.807, 2.05) is 35.9 Å². The topological polar surface area (TPSA) is 58.6 Å². The highest BCUT2D eigenvalue weighted by Crippen LogP contribution is 2.27. The second kappa shape index (κ2) is 7.05. The summed E-state index contributed by atoms with van der Waals surface area (Å²) in [7, 11) is 1.57. The number of hydrogen-bond donors (Lipinski definition) is 1. The smallest absolute Gasteiger partial charge is 0.255 e. The van der Waals surface area contributed by atoms with Crippen LogP contribution in [0.1, 0.15) is 28.8 Å². The first kappa shape index (κ1) is 16.5. The quantitative estimate of drug-likeness (QED) is 0.926. The molecular formula is C18H20N2O3S. The Labute approximate surface area is 145 Å². The molecule has 1 aromatic heterocycles. The van der Waals surface area contributed by atoms with Gasteiger partial charge in [0, 0.05) is 11.9 Å². The molecule has 1 saturated heterocycles. The van der Waals surface area contributed by atoms with Crippen molar-refractivity contribution in [1.82, 2.24) is 4.90 Å². The second-order valence-corrected chi connectivity index (χ2v) is 6.64. The maximum Gasteiger partial charge on any atom is 0.255 e. The highest BCUT2D eigenvalue weighted by Gasteiger charge is 2.34. The Morgan fingerprint density at radius 3 is 2.88 bits per heavy atom. The lowest BCUT2D eigenvalue weighted by molar-refractivity contribution is -0.119. The number of aryl methyl sites for hydroxylation is 1. The molecule has 1 fully saturated rings. The van der Waals surface area contributed by atoms with Gasteiger partial charge in [0.2, 0.25) is 5.91 Å². The molecule has 0 spiro atoms. The Bertz CT molecular complexity index is 743. The van der Waals surface area contributed by atoms with Crippen LogP contribution >= 0.6 is 11.3 Å². The molecule has 126 valence electrons. The number of thiophene rings is 1. The number of ether oxygens (including phenoxy) is 1. The summed E-state index contributed by atoms with van der Waals surface area (Å²) in [6, 6.07) is 6.98. The van der Waals surface area contributed by atoms with E-state index in [4.69, 9.17) is 4.74 Å². The summed E-state index contributed by atoms with van der Waals surface area (Å²) in [6.07, 6.45) is 1.51. The Balaban J connectivity index is 1.77. The number of methoxy groups -OCH3 is 1. The number of benzene rings is 1. The highest BCUT2D eigenvalue weighted by atomic mass is 32.1. The van der Waals surface area contributed by atoms with E-state index in [0.29, 0.717) is 30.0 Å². The van der Waals surface area contributed by atoms with Crippen LogP contribution in [0.25, 0.3) is 0 Å². The van der Waals surface area contributed by atoms with Crippen LogP contribution in [0.2, 0.25) is 0 Å². The van der Waals surface area contributed by atoms with Gasteiger partial charge in [-0.05, 0) is 48.9 Å². The first-order valence-corrected chi connectivity index (χ1v) is 8.83. The van der Waals surface area contributed by atoms with E-state index in [1.165, 1.54) is 11.3 Å². The summed E-state index contributed by atoms with van der Waals surface area (Å²) in [5.74, 6) is 0.368. The summed E-state index contributed by atoms with van der Waals surface area (Å²) < 4.78 is 5.30. The van der Waals surface area contributed by atoms with Crippen molar-refractivity contribution in [1.29, 1.82) is 0 Å². The normalized spacial score (nSPS) is 16.9. The Morgan fingerprint density at radius 1 is 1.33 bits per heavy atom. The van der Waals surface area contributed by atoms with Crippen molar-refractivity contribution in [2.24, 2.45) is 0 Å². The SMILES string of the molecule is COc1ccc(C)cc1NC(=O)[C@H]1CCCN1C(=O)c1ccsc1. The van der Waals surface area contributed by atoms with Crippen LogP contribution in [0.3, 0.4) is 0 Å². The number of nitrogens with zero attached hydrogens (tertiary/aromatic N) is 1. The molecule has 1 aliphatic rings. The number of carbonyl (C=O) groups is 2. The second-order valence-electron chi connectivity index (χ2n) is 5.86. The number of amides is 2. The molecule has 1 N–H and O–H groups in total. The molecule has 6 heteroatoms. The monoisotopic (exact) mass is 344 g/mol. The molecule has 1 aliphatic heterocycles. The zero-order valence-electron chi connectivity index (χ0n) is 13.7. The third-order valence-electron chi connectivity index (χ3n) is 4.20. The van der Waals surface area contributed by atoms with Crippen molar-refractivity contribution in [2.75, 3.05) is 19.0 Å². The van der Waals surface area contributed by atoms with Gasteiger partial charge in [-0.15, -0.1) is 0 Å². The van der Waals surface area contributed by atoms with Gasteiger partial charge in [0.1, 0.15) is 11.8 Å². The fraction of sp³-hybridized carbons (Fsp3) is 0.333. The van der Waals surface area contributed by atoms with Gasteiger partial charge in [-0.1, -0.05) is 6.07 Å². The Kier molecular flexibility index (Phi) is 4.85. The van der Waals surface area contributed by atoms with E-state index in [0.717, 1.165) is 12.0 Å². The fourth-order valence-corrected chi connectivity index (χ4v) is 3.60. The number of likely N-dealkylation sites (tertiary alicyclic amines) is 1. The standard InChI is InChI=1S/C18H20N2O3S/c1-12-5-6-16(23-2)14(10-12)19-17(21)15-4-3-8-20(15)18(22)13-7-9-24-11-13/h5-7,9-11,15H,3-4,8H2,1-2H3,(H,19,21)/t15-/m1/s1. The van der Waals surface area contributed by atoms with Crippen LogP contribution in [-0.2, 0) is 4.79 Å². The lowest BCUT2D eigenvalue weighted by Crippen LogP contribution is -2.43. The van der Waals surface area contributed by atoms with Crippen molar-refractivity contribution < 1.29 is 14.3 Å². The lowest BCUT2D eigenvalue weighted by atomic mass is 10.1. The Morgan fingerprint density at radius 2 is 2.17 bits per heavy atom. The molecule has 0 bridgehead atoms. The van der Waals surface area contributed by atoms with Crippen molar-refractivity contribution in [3.63, 3.8) is 0 Å². The highest BCUT2D eigenvalue weighted by molar-refractivity contribution is 7.08. The summed E-state index contributed by atoms with van der Waals surface area (Å²) in [4.78, 5) is 27.0. The summed E-state index contributed by atoms with van der Waals surface area (Å²) in [5, 5.41) is 6.61. The van der Waals surface area contributed by atoms with Crippen LogP contribution in [0.4, 0.5) is 5.69 Å². The number of carbonyl (C=O) groups excluding carboxylic acids is 2. The molecule has 0 saturated carbocycles. The molecule has 0 aliphatic carbocycles. The van der Waals surface area contributed by atoms with Gasteiger partial charge in [0.25, 0.3) is 5.91 Å². The predicted molar refractivity (Wildman–Crippen MR) is 94.7 cm³/mol. The minimum absolute atomic E-state index is 0.0786. The minimum Gasteiger partial charge on any atom is -0.495 e. The van der Waals surface area contributed by atoms with Crippen LogP contribution < -0.4 is 10.1 Å². The Hall–Kier alpha value is -2.34. The van der Waals surface area contributed by atoms with E-state index in [9.17, 15) is 9.59 Å². The molecule has 3 rings (SSSR count).